The molecule has 0 aliphatic carbocycles. The average molecular weight is 378 g/mol. The Bertz CT molecular complexity index is 527. The third kappa shape index (κ3) is 1.69. The molecule has 0 aliphatic heterocycles. The molecule has 0 bridgehead atoms. The summed E-state index contributed by atoms with van der Waals surface area (Å²) in [7, 11) is 0. The molecule has 0 aliphatic rings. The van der Waals surface area contributed by atoms with Crippen LogP contribution in [0.2, 0.25) is 0 Å². The van der Waals surface area contributed by atoms with Gasteiger partial charge in [-0.3, -0.25) is 0 Å². The van der Waals surface area contributed by atoms with Gasteiger partial charge in [-0.15, -0.1) is 11.3 Å². The van der Waals surface area contributed by atoms with Gasteiger partial charge in [-0.05, 0) is 45.7 Å². The van der Waals surface area contributed by atoms with Crippen molar-refractivity contribution >= 4 is 59.9 Å². The molecule has 1 aromatic heterocycles. The lowest BCUT2D eigenvalue weighted by Crippen LogP contribution is -1.86. The molecular weight excluding hydrogens is 373 g/mol. The summed E-state index contributed by atoms with van der Waals surface area (Å²) in [6.07, 6.45) is 0.467. The number of nitrogens with zero attached hydrogens (tertiary/aromatic N) is 1. The molecule has 1 heterocycles. The number of rotatable bonds is 1. The first-order chi connectivity index (χ1) is 6.74. The number of hydrogen-bond donors (Lipinski definition) is 0. The van der Waals surface area contributed by atoms with E-state index in [0.29, 0.717) is 6.42 Å². The van der Waals surface area contributed by atoms with Crippen molar-refractivity contribution in [2.24, 2.45) is 0 Å². The predicted molar refractivity (Wildman–Crippen MR) is 71.6 cm³/mol. The second-order valence-electron chi connectivity index (χ2n) is 2.82. The van der Waals surface area contributed by atoms with Crippen LogP contribution in [0.3, 0.4) is 0 Å². The Morgan fingerprint density at radius 3 is 3.07 bits per heavy atom. The minimum Gasteiger partial charge on any atom is -0.198 e. The van der Waals surface area contributed by atoms with Crippen molar-refractivity contribution < 1.29 is 0 Å². The summed E-state index contributed by atoms with van der Waals surface area (Å²) in [5, 5.41) is 12.1. The number of benzene rings is 1. The Morgan fingerprint density at radius 2 is 2.36 bits per heavy atom. The molecule has 0 atom stereocenters. The molecule has 0 unspecified atom stereocenters. The molecule has 1 nitrogen and oxygen atoms in total. The summed E-state index contributed by atoms with van der Waals surface area (Å²) < 4.78 is 3.50. The lowest BCUT2D eigenvalue weighted by atomic mass is 10.1. The quantitative estimate of drug-likeness (QED) is 0.678. The first-order valence-corrected chi connectivity index (χ1v) is 6.70. The summed E-state index contributed by atoms with van der Waals surface area (Å²) in [5.41, 5.74) is 1.11. The number of nitriles is 1. The van der Waals surface area contributed by atoms with E-state index in [0.717, 1.165) is 10.0 Å². The van der Waals surface area contributed by atoms with Gasteiger partial charge < -0.3 is 0 Å². The van der Waals surface area contributed by atoms with Crippen LogP contribution < -0.4 is 0 Å². The summed E-state index contributed by atoms with van der Waals surface area (Å²) in [4.78, 5) is 0. The van der Waals surface area contributed by atoms with E-state index < -0.39 is 0 Å². The Labute approximate surface area is 108 Å². The van der Waals surface area contributed by atoms with E-state index in [1.807, 2.05) is 0 Å². The molecule has 1 aromatic carbocycles. The van der Waals surface area contributed by atoms with Gasteiger partial charge in [-0.25, -0.2) is 0 Å². The number of thiophene rings is 1. The van der Waals surface area contributed by atoms with Gasteiger partial charge >= 0.3 is 0 Å². The molecule has 0 radical (unpaired) electrons. The minimum atomic E-state index is 0.467. The molecule has 0 saturated carbocycles. The zero-order valence-electron chi connectivity index (χ0n) is 7.05. The monoisotopic (exact) mass is 377 g/mol. The maximum absolute atomic E-state index is 8.74. The first-order valence-electron chi connectivity index (χ1n) is 3.95. The van der Waals surface area contributed by atoms with Crippen molar-refractivity contribution in [1.29, 1.82) is 5.26 Å². The third-order valence-electron chi connectivity index (χ3n) is 1.99. The van der Waals surface area contributed by atoms with Crippen LogP contribution in [-0.2, 0) is 6.42 Å². The highest BCUT2D eigenvalue weighted by molar-refractivity contribution is 14.1. The van der Waals surface area contributed by atoms with Crippen LogP contribution >= 0.6 is 49.9 Å². The fraction of sp³-hybridized carbons (Fsp3) is 0.100. The van der Waals surface area contributed by atoms with Crippen molar-refractivity contribution in [2.75, 3.05) is 0 Å². The molecule has 14 heavy (non-hydrogen) atoms. The van der Waals surface area contributed by atoms with Gasteiger partial charge in [0.15, 0.2) is 0 Å². The second kappa shape index (κ2) is 4.17. The molecule has 2 rings (SSSR count). The zero-order chi connectivity index (χ0) is 10.1. The van der Waals surface area contributed by atoms with Crippen molar-refractivity contribution in [3.8, 4) is 6.07 Å². The van der Waals surface area contributed by atoms with Gasteiger partial charge in [-0.2, -0.15) is 5.26 Å². The topological polar surface area (TPSA) is 23.8 Å². The van der Waals surface area contributed by atoms with E-state index in [2.05, 4.69) is 62.1 Å². The van der Waals surface area contributed by atoms with E-state index in [1.54, 1.807) is 11.3 Å². The maximum atomic E-state index is 8.74. The summed E-state index contributed by atoms with van der Waals surface area (Å²) in [6, 6.07) is 6.38. The highest BCUT2D eigenvalue weighted by Gasteiger charge is 2.09. The van der Waals surface area contributed by atoms with Crippen molar-refractivity contribution in [2.45, 2.75) is 6.42 Å². The Hall–Kier alpha value is -0.120. The van der Waals surface area contributed by atoms with Gasteiger partial charge in [0.05, 0.1) is 12.5 Å². The van der Waals surface area contributed by atoms with E-state index in [9.17, 15) is 0 Å². The molecule has 4 heteroatoms. The summed E-state index contributed by atoms with van der Waals surface area (Å²) >= 11 is 7.52. The molecule has 2 aromatic rings. The van der Waals surface area contributed by atoms with Gasteiger partial charge in [-0.1, -0.05) is 15.9 Å². The summed E-state index contributed by atoms with van der Waals surface area (Å²) in [5.74, 6) is 0. The van der Waals surface area contributed by atoms with Gasteiger partial charge in [0.2, 0.25) is 0 Å². The molecule has 0 N–H and O–H groups in total. The molecule has 0 fully saturated rings. The highest BCUT2D eigenvalue weighted by Crippen LogP contribution is 2.34. The van der Waals surface area contributed by atoms with E-state index in [1.165, 1.54) is 13.7 Å². The van der Waals surface area contributed by atoms with Crippen LogP contribution in [0.1, 0.15) is 5.56 Å². The molecule has 70 valence electrons. The number of halogens is 2. The third-order valence-corrected chi connectivity index (χ3v) is 4.57. The standard InChI is InChI=1S/C10H5BrINS/c11-8-5-9(12)7-2-4-14-10(7)6(8)1-3-13/h2,4-5H,1H2. The average Bonchev–Trinajstić information content (AvgIpc) is 2.60. The Morgan fingerprint density at radius 1 is 1.57 bits per heavy atom. The Balaban J connectivity index is 2.81. The van der Waals surface area contributed by atoms with Crippen LogP contribution in [0, 0.1) is 14.9 Å². The maximum Gasteiger partial charge on any atom is 0.0670 e. The van der Waals surface area contributed by atoms with Gasteiger partial charge in [0, 0.05) is 18.1 Å². The SMILES string of the molecule is N#CCc1c(Br)cc(I)c2ccsc12. The fourth-order valence-corrected chi connectivity index (χ4v) is 4.40. The molecule has 0 amide bonds. The van der Waals surface area contributed by atoms with E-state index in [4.69, 9.17) is 5.26 Å². The zero-order valence-corrected chi connectivity index (χ0v) is 11.6. The minimum absolute atomic E-state index is 0.467. The normalized spacial score (nSPS) is 10.4. The lowest BCUT2D eigenvalue weighted by molar-refractivity contribution is 1.28. The predicted octanol–water partition coefficient (Wildman–Crippen LogP) is 4.33. The van der Waals surface area contributed by atoms with Crippen LogP contribution in [0.5, 0.6) is 0 Å². The van der Waals surface area contributed by atoms with Crippen LogP contribution in [0.15, 0.2) is 22.0 Å². The number of hydrogen-bond acceptors (Lipinski definition) is 2. The highest BCUT2D eigenvalue weighted by atomic mass is 127. The van der Waals surface area contributed by atoms with E-state index in [-0.39, 0.29) is 0 Å². The second-order valence-corrected chi connectivity index (χ2v) is 5.75. The molecular formula is C10H5BrINS. The molecule has 0 spiro atoms. The molecule has 0 saturated heterocycles. The van der Waals surface area contributed by atoms with Crippen LogP contribution in [-0.4, -0.2) is 0 Å². The van der Waals surface area contributed by atoms with Crippen molar-refractivity contribution in [3.63, 3.8) is 0 Å². The lowest BCUT2D eigenvalue weighted by Gasteiger charge is -2.03. The summed E-state index contributed by atoms with van der Waals surface area (Å²) in [6.45, 7) is 0. The van der Waals surface area contributed by atoms with Gasteiger partial charge in [0.25, 0.3) is 0 Å². The van der Waals surface area contributed by atoms with Gasteiger partial charge in [0.1, 0.15) is 0 Å². The van der Waals surface area contributed by atoms with Crippen LogP contribution in [0.4, 0.5) is 0 Å². The van der Waals surface area contributed by atoms with E-state index >= 15 is 0 Å². The van der Waals surface area contributed by atoms with Crippen molar-refractivity contribution in [1.82, 2.24) is 0 Å². The Kier molecular flexibility index (Phi) is 3.10. The smallest absolute Gasteiger partial charge is 0.0670 e. The fourth-order valence-electron chi connectivity index (χ4n) is 1.36. The number of fused-ring (bicyclic) bond motifs is 1. The largest absolute Gasteiger partial charge is 0.198 e. The first kappa shape index (κ1) is 10.4. The van der Waals surface area contributed by atoms with Crippen LogP contribution in [0.25, 0.3) is 10.1 Å². The van der Waals surface area contributed by atoms with Crippen molar-refractivity contribution in [3.05, 3.63) is 31.1 Å².